The van der Waals surface area contributed by atoms with Gasteiger partial charge in [0.15, 0.2) is 0 Å². The molecule has 0 radical (unpaired) electrons. The molecule has 1 aromatic rings. The van der Waals surface area contributed by atoms with Crippen LogP contribution in [0.2, 0.25) is 0 Å². The van der Waals surface area contributed by atoms with Crippen LogP contribution in [0.15, 0.2) is 29.2 Å². The second kappa shape index (κ2) is 6.67. The molecule has 0 aliphatic carbocycles. The van der Waals surface area contributed by atoms with Crippen molar-refractivity contribution in [3.05, 3.63) is 29.8 Å². The summed E-state index contributed by atoms with van der Waals surface area (Å²) >= 11 is 0. The molecule has 0 aliphatic rings. The van der Waals surface area contributed by atoms with Crippen LogP contribution < -0.4 is 5.32 Å². The molecule has 1 atom stereocenters. The van der Waals surface area contributed by atoms with E-state index in [2.05, 4.69) is 5.32 Å². The standard InChI is InChI=1S/C14H23NO4S/c1-11-5-7-13(8-6-11)20(17,18)19-10-12(16)9-15-14(2,3)4/h5-8,12,15-16H,9-10H2,1-4H3/t12-/m0/s1. The van der Waals surface area contributed by atoms with Crippen molar-refractivity contribution in [2.75, 3.05) is 13.2 Å². The molecule has 5 nitrogen and oxygen atoms in total. The summed E-state index contributed by atoms with van der Waals surface area (Å²) in [5.74, 6) is 0. The Morgan fingerprint density at radius 3 is 2.30 bits per heavy atom. The molecule has 114 valence electrons. The molecule has 1 rings (SSSR count). The molecule has 0 saturated carbocycles. The molecule has 2 N–H and O–H groups in total. The molecule has 6 heteroatoms. The highest BCUT2D eigenvalue weighted by atomic mass is 32.2. The summed E-state index contributed by atoms with van der Waals surface area (Å²) in [5.41, 5.74) is 0.829. The summed E-state index contributed by atoms with van der Waals surface area (Å²) in [6.07, 6.45) is -0.880. The fourth-order valence-electron chi connectivity index (χ4n) is 1.42. The van der Waals surface area contributed by atoms with Crippen LogP contribution in [0.1, 0.15) is 26.3 Å². The van der Waals surface area contributed by atoms with Crippen molar-refractivity contribution in [2.24, 2.45) is 0 Å². The highest BCUT2D eigenvalue weighted by molar-refractivity contribution is 7.86. The number of hydrogen-bond acceptors (Lipinski definition) is 5. The molecular weight excluding hydrogens is 278 g/mol. The molecule has 0 aliphatic heterocycles. The van der Waals surface area contributed by atoms with Crippen LogP contribution in [0.4, 0.5) is 0 Å². The molecule has 0 aromatic heterocycles. The normalized spacial score (nSPS) is 14.2. The second-order valence-electron chi connectivity index (χ2n) is 5.84. The van der Waals surface area contributed by atoms with Gasteiger partial charge in [0, 0.05) is 12.1 Å². The molecule has 0 unspecified atom stereocenters. The van der Waals surface area contributed by atoms with Gasteiger partial charge in [0.2, 0.25) is 0 Å². The highest BCUT2D eigenvalue weighted by Gasteiger charge is 2.18. The Kier molecular flexibility index (Phi) is 5.70. The van der Waals surface area contributed by atoms with Crippen molar-refractivity contribution in [3.63, 3.8) is 0 Å². The third kappa shape index (κ3) is 6.00. The number of nitrogens with one attached hydrogen (secondary N) is 1. The number of aryl methyl sites for hydroxylation is 1. The first kappa shape index (κ1) is 17.1. The van der Waals surface area contributed by atoms with Gasteiger partial charge in [-0.2, -0.15) is 8.42 Å². The number of β-amino-alcohol motifs (C(OH)–C–C–N with tert-alkyl or cyclic N) is 1. The van der Waals surface area contributed by atoms with Gasteiger partial charge in [0.1, 0.15) is 0 Å². The molecular formula is C14H23NO4S. The zero-order valence-electron chi connectivity index (χ0n) is 12.4. The van der Waals surface area contributed by atoms with Crippen LogP contribution >= 0.6 is 0 Å². The van der Waals surface area contributed by atoms with Crippen LogP contribution in [0, 0.1) is 6.92 Å². The summed E-state index contributed by atoms with van der Waals surface area (Å²) in [5, 5.41) is 12.8. The van der Waals surface area contributed by atoms with Crippen LogP contribution in [0.3, 0.4) is 0 Å². The van der Waals surface area contributed by atoms with Gasteiger partial charge in [0.25, 0.3) is 10.1 Å². The van der Waals surface area contributed by atoms with E-state index in [1.165, 1.54) is 12.1 Å². The zero-order valence-corrected chi connectivity index (χ0v) is 13.2. The van der Waals surface area contributed by atoms with Gasteiger partial charge < -0.3 is 10.4 Å². The number of rotatable bonds is 6. The average molecular weight is 301 g/mol. The molecule has 0 saturated heterocycles. The molecule has 0 fully saturated rings. The fraction of sp³-hybridized carbons (Fsp3) is 0.571. The van der Waals surface area contributed by atoms with E-state index >= 15 is 0 Å². The van der Waals surface area contributed by atoms with E-state index in [1.807, 2.05) is 27.7 Å². The molecule has 0 bridgehead atoms. The third-order valence-corrected chi connectivity index (χ3v) is 3.89. The van der Waals surface area contributed by atoms with Crippen molar-refractivity contribution < 1.29 is 17.7 Å². The topological polar surface area (TPSA) is 75.6 Å². The van der Waals surface area contributed by atoms with E-state index in [9.17, 15) is 13.5 Å². The van der Waals surface area contributed by atoms with Crippen molar-refractivity contribution in [2.45, 2.75) is 44.2 Å². The molecule has 20 heavy (non-hydrogen) atoms. The summed E-state index contributed by atoms with van der Waals surface area (Å²) < 4.78 is 28.7. The third-order valence-electron chi connectivity index (χ3n) is 2.59. The SMILES string of the molecule is Cc1ccc(S(=O)(=O)OC[C@@H](O)CNC(C)(C)C)cc1. The largest absolute Gasteiger partial charge is 0.389 e. The van der Waals surface area contributed by atoms with Crippen molar-refractivity contribution in [3.8, 4) is 0 Å². The van der Waals surface area contributed by atoms with E-state index < -0.39 is 16.2 Å². The minimum Gasteiger partial charge on any atom is -0.389 e. The quantitative estimate of drug-likeness (QED) is 0.778. The minimum absolute atomic E-state index is 0.0964. The lowest BCUT2D eigenvalue weighted by atomic mass is 10.1. The first-order chi connectivity index (χ1) is 9.10. The summed E-state index contributed by atoms with van der Waals surface area (Å²) in [6, 6.07) is 6.39. The van der Waals surface area contributed by atoms with Crippen LogP contribution in [-0.2, 0) is 14.3 Å². The van der Waals surface area contributed by atoms with Crippen molar-refractivity contribution in [1.82, 2.24) is 5.32 Å². The van der Waals surface area contributed by atoms with Crippen LogP contribution in [0.25, 0.3) is 0 Å². The van der Waals surface area contributed by atoms with Gasteiger partial charge in [-0.05, 0) is 39.8 Å². The lowest BCUT2D eigenvalue weighted by Gasteiger charge is -2.22. The monoisotopic (exact) mass is 301 g/mol. The number of benzene rings is 1. The Bertz CT molecular complexity index is 517. The zero-order chi connectivity index (χ0) is 15.4. The van der Waals surface area contributed by atoms with Crippen LogP contribution in [0.5, 0.6) is 0 Å². The maximum absolute atomic E-state index is 11.9. The van der Waals surface area contributed by atoms with Gasteiger partial charge in [-0.3, -0.25) is 4.18 Å². The fourth-order valence-corrected chi connectivity index (χ4v) is 2.37. The van der Waals surface area contributed by atoms with Crippen molar-refractivity contribution in [1.29, 1.82) is 0 Å². The Morgan fingerprint density at radius 2 is 1.80 bits per heavy atom. The number of aliphatic hydroxyl groups is 1. The Labute approximate surface area is 121 Å². The minimum atomic E-state index is -3.81. The Hall–Kier alpha value is -0.950. The first-order valence-electron chi connectivity index (χ1n) is 6.49. The summed E-state index contributed by atoms with van der Waals surface area (Å²) in [4.78, 5) is 0.0964. The van der Waals surface area contributed by atoms with E-state index in [0.29, 0.717) is 0 Å². The van der Waals surface area contributed by atoms with Gasteiger partial charge in [-0.15, -0.1) is 0 Å². The lowest BCUT2D eigenvalue weighted by molar-refractivity contribution is 0.103. The highest BCUT2D eigenvalue weighted by Crippen LogP contribution is 2.13. The van der Waals surface area contributed by atoms with E-state index in [4.69, 9.17) is 4.18 Å². The molecule has 0 spiro atoms. The van der Waals surface area contributed by atoms with Gasteiger partial charge in [-0.1, -0.05) is 17.7 Å². The number of hydrogen-bond donors (Lipinski definition) is 2. The van der Waals surface area contributed by atoms with Gasteiger partial charge >= 0.3 is 0 Å². The predicted octanol–water partition coefficient (Wildman–Crippen LogP) is 1.45. The first-order valence-corrected chi connectivity index (χ1v) is 7.90. The van der Waals surface area contributed by atoms with Gasteiger partial charge in [0.05, 0.1) is 17.6 Å². The number of aliphatic hydroxyl groups excluding tert-OH is 1. The second-order valence-corrected chi connectivity index (χ2v) is 7.45. The van der Waals surface area contributed by atoms with Crippen LogP contribution in [-0.4, -0.2) is 38.3 Å². The average Bonchev–Trinajstić information content (AvgIpc) is 2.34. The van der Waals surface area contributed by atoms with Gasteiger partial charge in [-0.25, -0.2) is 0 Å². The maximum atomic E-state index is 11.9. The summed E-state index contributed by atoms with van der Waals surface area (Å²) in [7, 11) is -3.81. The van der Waals surface area contributed by atoms with E-state index in [1.54, 1.807) is 12.1 Å². The van der Waals surface area contributed by atoms with Crippen molar-refractivity contribution >= 4 is 10.1 Å². The Balaban J connectivity index is 2.53. The predicted molar refractivity (Wildman–Crippen MR) is 78.1 cm³/mol. The Morgan fingerprint density at radius 1 is 1.25 bits per heavy atom. The lowest BCUT2D eigenvalue weighted by Crippen LogP contribution is -2.42. The molecule has 1 aromatic carbocycles. The van der Waals surface area contributed by atoms with E-state index in [-0.39, 0.29) is 23.6 Å². The molecule has 0 amide bonds. The van der Waals surface area contributed by atoms with E-state index in [0.717, 1.165) is 5.56 Å². The smallest absolute Gasteiger partial charge is 0.297 e. The maximum Gasteiger partial charge on any atom is 0.297 e. The summed E-state index contributed by atoms with van der Waals surface area (Å²) in [6.45, 7) is 7.77. The molecule has 0 heterocycles.